The number of hydrogen-bond donors (Lipinski definition) is 1. The first kappa shape index (κ1) is 14.1. The molecule has 20 heavy (non-hydrogen) atoms. The van der Waals surface area contributed by atoms with E-state index in [1.165, 1.54) is 0 Å². The van der Waals surface area contributed by atoms with Gasteiger partial charge in [-0.25, -0.2) is 18.0 Å². The van der Waals surface area contributed by atoms with Gasteiger partial charge in [-0.2, -0.15) is 0 Å². The van der Waals surface area contributed by atoms with E-state index in [0.29, 0.717) is 0 Å². The largest absolute Gasteiger partial charge is 0.477 e. The van der Waals surface area contributed by atoms with Crippen molar-refractivity contribution < 1.29 is 23.1 Å². The molecule has 0 saturated heterocycles. The van der Waals surface area contributed by atoms with Crippen LogP contribution in [0.25, 0.3) is 10.9 Å². The maximum Gasteiger partial charge on any atom is 0.341 e. The number of hydrogen-bond acceptors (Lipinski definition) is 2. The Balaban J connectivity index is 3.18. The molecule has 1 aromatic heterocycles. The van der Waals surface area contributed by atoms with Gasteiger partial charge in [-0.3, -0.25) is 4.79 Å². The predicted octanol–water partition coefficient (Wildman–Crippen LogP) is 2.45. The molecule has 0 aliphatic rings. The van der Waals surface area contributed by atoms with Crippen LogP contribution in [0.15, 0.2) is 11.0 Å². The average molecular weight is 285 g/mol. The summed E-state index contributed by atoms with van der Waals surface area (Å²) in [5.41, 5.74) is -2.49. The number of carboxylic acids is 1. The van der Waals surface area contributed by atoms with Crippen molar-refractivity contribution in [3.63, 3.8) is 0 Å². The van der Waals surface area contributed by atoms with Crippen molar-refractivity contribution in [1.82, 2.24) is 4.57 Å². The van der Waals surface area contributed by atoms with Crippen LogP contribution in [0.1, 0.15) is 22.8 Å². The molecule has 0 unspecified atom stereocenters. The summed E-state index contributed by atoms with van der Waals surface area (Å²) in [7, 11) is 0. The summed E-state index contributed by atoms with van der Waals surface area (Å²) in [6.45, 7) is 2.76. The van der Waals surface area contributed by atoms with Crippen LogP contribution in [0, 0.1) is 24.4 Å². The van der Waals surface area contributed by atoms with Gasteiger partial charge in [0.15, 0.2) is 17.5 Å². The van der Waals surface area contributed by atoms with Gasteiger partial charge in [-0.1, -0.05) is 0 Å². The average Bonchev–Trinajstić information content (AvgIpc) is 2.41. The third-order valence-electron chi connectivity index (χ3n) is 3.15. The Morgan fingerprint density at radius 2 is 1.85 bits per heavy atom. The zero-order valence-electron chi connectivity index (χ0n) is 10.6. The summed E-state index contributed by atoms with van der Waals surface area (Å²) in [6, 6.07) is 0. The van der Waals surface area contributed by atoms with E-state index in [1.807, 2.05) is 0 Å². The second-order valence-electron chi connectivity index (χ2n) is 4.25. The van der Waals surface area contributed by atoms with Crippen LogP contribution in [0.5, 0.6) is 0 Å². The number of pyridine rings is 1. The number of carboxylic acid groups (broad SMARTS) is 1. The minimum Gasteiger partial charge on any atom is -0.477 e. The van der Waals surface area contributed by atoms with Gasteiger partial charge in [0.05, 0.1) is 10.9 Å². The molecule has 4 nitrogen and oxygen atoms in total. The van der Waals surface area contributed by atoms with Crippen molar-refractivity contribution in [3.8, 4) is 0 Å². The Kier molecular flexibility index (Phi) is 3.29. The normalized spacial score (nSPS) is 11.1. The Bertz CT molecular complexity index is 796. The van der Waals surface area contributed by atoms with Gasteiger partial charge in [0.2, 0.25) is 5.43 Å². The predicted molar refractivity (Wildman–Crippen MR) is 65.5 cm³/mol. The van der Waals surface area contributed by atoms with Gasteiger partial charge in [-0.15, -0.1) is 0 Å². The molecule has 0 radical (unpaired) electrons. The van der Waals surface area contributed by atoms with E-state index >= 15 is 0 Å². The molecule has 1 aromatic carbocycles. The van der Waals surface area contributed by atoms with Gasteiger partial charge in [0, 0.05) is 18.3 Å². The summed E-state index contributed by atoms with van der Waals surface area (Å²) in [4.78, 5) is 23.0. The molecular formula is C13H10F3NO3. The second kappa shape index (κ2) is 4.66. The topological polar surface area (TPSA) is 59.3 Å². The highest BCUT2D eigenvalue weighted by Crippen LogP contribution is 2.25. The van der Waals surface area contributed by atoms with Gasteiger partial charge < -0.3 is 9.67 Å². The van der Waals surface area contributed by atoms with Gasteiger partial charge >= 0.3 is 5.97 Å². The molecule has 0 fully saturated rings. The Labute approximate surface area is 111 Å². The minimum absolute atomic E-state index is 0.0957. The molecule has 0 saturated carbocycles. The Morgan fingerprint density at radius 3 is 2.35 bits per heavy atom. The van der Waals surface area contributed by atoms with Gasteiger partial charge in [-0.05, 0) is 13.8 Å². The van der Waals surface area contributed by atoms with Gasteiger partial charge in [0.25, 0.3) is 0 Å². The molecule has 0 aliphatic carbocycles. The van der Waals surface area contributed by atoms with Crippen LogP contribution in [0.4, 0.5) is 13.2 Å². The van der Waals surface area contributed by atoms with Crippen LogP contribution >= 0.6 is 0 Å². The number of rotatable bonds is 2. The van der Waals surface area contributed by atoms with Crippen LogP contribution in [-0.4, -0.2) is 15.6 Å². The monoisotopic (exact) mass is 285 g/mol. The van der Waals surface area contributed by atoms with Crippen LogP contribution < -0.4 is 5.43 Å². The lowest BCUT2D eigenvalue weighted by Crippen LogP contribution is -2.21. The van der Waals surface area contributed by atoms with E-state index in [2.05, 4.69) is 0 Å². The highest BCUT2D eigenvalue weighted by molar-refractivity contribution is 5.93. The van der Waals surface area contributed by atoms with E-state index in [9.17, 15) is 22.8 Å². The number of fused-ring (bicyclic) bond motifs is 1. The fourth-order valence-electron chi connectivity index (χ4n) is 2.12. The standard InChI is InChI=1S/C13H10F3NO3/c1-3-17-4-6(13(19)20)12(18)7-5(2)8(14)9(15)10(16)11(7)17/h4H,3H2,1-2H3,(H,19,20). The SMILES string of the molecule is CCn1cc(C(=O)O)c(=O)c2c(C)c(F)c(F)c(F)c21. The van der Waals surface area contributed by atoms with E-state index in [-0.39, 0.29) is 6.54 Å². The molecule has 0 amide bonds. The summed E-state index contributed by atoms with van der Waals surface area (Å²) in [5.74, 6) is -6.18. The van der Waals surface area contributed by atoms with Crippen molar-refractivity contribution in [2.24, 2.45) is 0 Å². The summed E-state index contributed by atoms with van der Waals surface area (Å²) in [6.07, 6.45) is 0.923. The maximum atomic E-state index is 13.9. The van der Waals surface area contributed by atoms with Crippen molar-refractivity contribution in [1.29, 1.82) is 0 Å². The fourth-order valence-corrected chi connectivity index (χ4v) is 2.12. The van der Waals surface area contributed by atoms with Crippen molar-refractivity contribution >= 4 is 16.9 Å². The molecule has 2 rings (SSSR count). The second-order valence-corrected chi connectivity index (χ2v) is 4.25. The number of benzene rings is 1. The maximum absolute atomic E-state index is 13.9. The third kappa shape index (κ3) is 1.77. The highest BCUT2D eigenvalue weighted by Gasteiger charge is 2.24. The molecule has 7 heteroatoms. The molecule has 1 N–H and O–H groups in total. The van der Waals surface area contributed by atoms with Crippen LogP contribution in [0.3, 0.4) is 0 Å². The lowest BCUT2D eigenvalue weighted by molar-refractivity contribution is 0.0695. The number of aromatic nitrogens is 1. The first-order valence-electron chi connectivity index (χ1n) is 5.74. The van der Waals surface area contributed by atoms with Crippen molar-refractivity contribution in [2.75, 3.05) is 0 Å². The zero-order chi connectivity index (χ0) is 15.2. The highest BCUT2D eigenvalue weighted by atomic mass is 19.2. The molecule has 1 heterocycles. The van der Waals surface area contributed by atoms with Gasteiger partial charge in [0.1, 0.15) is 5.56 Å². The smallest absolute Gasteiger partial charge is 0.341 e. The fraction of sp³-hybridized carbons (Fsp3) is 0.231. The summed E-state index contributed by atoms with van der Waals surface area (Å²) >= 11 is 0. The van der Waals surface area contributed by atoms with E-state index in [1.54, 1.807) is 6.92 Å². The molecule has 0 spiro atoms. The van der Waals surface area contributed by atoms with Crippen LogP contribution in [0.2, 0.25) is 0 Å². The quantitative estimate of drug-likeness (QED) is 0.862. The molecule has 0 aliphatic heterocycles. The lowest BCUT2D eigenvalue weighted by atomic mass is 10.0. The first-order chi connectivity index (χ1) is 9.31. The first-order valence-corrected chi connectivity index (χ1v) is 5.74. The molecule has 106 valence electrons. The molecular weight excluding hydrogens is 275 g/mol. The van der Waals surface area contributed by atoms with Crippen LogP contribution in [-0.2, 0) is 6.54 Å². The number of carbonyl (C=O) groups is 1. The van der Waals surface area contributed by atoms with E-state index in [0.717, 1.165) is 17.7 Å². The molecule has 0 bridgehead atoms. The molecule has 2 aromatic rings. The van der Waals surface area contributed by atoms with E-state index < -0.39 is 50.9 Å². The lowest BCUT2D eigenvalue weighted by Gasteiger charge is -2.13. The third-order valence-corrected chi connectivity index (χ3v) is 3.15. The molecule has 0 atom stereocenters. The minimum atomic E-state index is -1.68. The van der Waals surface area contributed by atoms with Crippen molar-refractivity contribution in [3.05, 3.63) is 45.0 Å². The summed E-state index contributed by atoms with van der Waals surface area (Å²) in [5, 5.41) is 8.50. The Morgan fingerprint density at radius 1 is 1.25 bits per heavy atom. The Hall–Kier alpha value is -2.31. The van der Waals surface area contributed by atoms with E-state index in [4.69, 9.17) is 5.11 Å². The number of aryl methyl sites for hydroxylation is 2. The zero-order valence-corrected chi connectivity index (χ0v) is 10.6. The number of aromatic carboxylic acids is 1. The van der Waals surface area contributed by atoms with Crippen molar-refractivity contribution in [2.45, 2.75) is 20.4 Å². The number of nitrogens with zero attached hydrogens (tertiary/aromatic N) is 1. The number of halogens is 3. The summed E-state index contributed by atoms with van der Waals surface area (Å²) < 4.78 is 42.0.